The van der Waals surface area contributed by atoms with Crippen LogP contribution in [0.5, 0.6) is 0 Å². The first-order chi connectivity index (χ1) is 10.3. The molecule has 110 valence electrons. The average Bonchev–Trinajstić information content (AvgIpc) is 2.93. The van der Waals surface area contributed by atoms with Crippen LogP contribution in [0, 0.1) is 3.57 Å². The highest BCUT2D eigenvalue weighted by Gasteiger charge is 2.28. The SMILES string of the molecule is CCNC(Cc1ccc(I)cc1)C1CCc2ccccc21. The zero-order valence-electron chi connectivity index (χ0n) is 12.5. The molecule has 1 aliphatic rings. The molecular formula is C19H22IN. The van der Waals surface area contributed by atoms with Gasteiger partial charge >= 0.3 is 0 Å². The number of halogens is 1. The van der Waals surface area contributed by atoms with Gasteiger partial charge in [0.05, 0.1) is 0 Å². The van der Waals surface area contributed by atoms with Crippen LogP contribution in [0.25, 0.3) is 0 Å². The summed E-state index contributed by atoms with van der Waals surface area (Å²) in [6.07, 6.45) is 3.63. The summed E-state index contributed by atoms with van der Waals surface area (Å²) in [5.74, 6) is 0.653. The minimum atomic E-state index is 0.540. The second-order valence-corrected chi connectivity index (χ2v) is 7.08. The van der Waals surface area contributed by atoms with Gasteiger partial charge < -0.3 is 5.32 Å². The Morgan fingerprint density at radius 3 is 2.67 bits per heavy atom. The molecule has 2 unspecified atom stereocenters. The molecule has 0 saturated heterocycles. The molecular weight excluding hydrogens is 369 g/mol. The van der Waals surface area contributed by atoms with Crippen LogP contribution in [0.1, 0.15) is 36.0 Å². The highest BCUT2D eigenvalue weighted by Crippen LogP contribution is 2.36. The lowest BCUT2D eigenvalue weighted by atomic mass is 9.89. The fourth-order valence-corrected chi connectivity index (χ4v) is 3.86. The highest BCUT2D eigenvalue weighted by molar-refractivity contribution is 14.1. The van der Waals surface area contributed by atoms with E-state index in [1.165, 1.54) is 22.0 Å². The first-order valence-corrected chi connectivity index (χ1v) is 8.91. The molecule has 0 amide bonds. The number of aryl methyl sites for hydroxylation is 1. The number of hydrogen-bond acceptors (Lipinski definition) is 1. The van der Waals surface area contributed by atoms with E-state index in [2.05, 4.69) is 83.4 Å². The van der Waals surface area contributed by atoms with Crippen LogP contribution in [-0.2, 0) is 12.8 Å². The molecule has 1 aliphatic carbocycles. The maximum atomic E-state index is 3.73. The second kappa shape index (κ2) is 6.93. The minimum Gasteiger partial charge on any atom is -0.313 e. The molecule has 1 nitrogen and oxygen atoms in total. The maximum Gasteiger partial charge on any atom is 0.0176 e. The normalized spacial score (nSPS) is 18.5. The molecule has 0 spiro atoms. The van der Waals surface area contributed by atoms with Gasteiger partial charge in [-0.2, -0.15) is 0 Å². The van der Waals surface area contributed by atoms with Crippen LogP contribution < -0.4 is 5.32 Å². The summed E-state index contributed by atoms with van der Waals surface area (Å²) < 4.78 is 1.31. The zero-order valence-corrected chi connectivity index (χ0v) is 14.6. The van der Waals surface area contributed by atoms with E-state index >= 15 is 0 Å². The smallest absolute Gasteiger partial charge is 0.0176 e. The van der Waals surface area contributed by atoms with E-state index in [1.807, 2.05) is 0 Å². The molecule has 0 radical (unpaired) electrons. The molecule has 0 heterocycles. The van der Waals surface area contributed by atoms with Gasteiger partial charge in [0.1, 0.15) is 0 Å². The van der Waals surface area contributed by atoms with E-state index in [-0.39, 0.29) is 0 Å². The van der Waals surface area contributed by atoms with E-state index in [4.69, 9.17) is 0 Å². The van der Waals surface area contributed by atoms with Gasteiger partial charge in [-0.05, 0) is 77.2 Å². The van der Waals surface area contributed by atoms with Crippen LogP contribution in [0.2, 0.25) is 0 Å². The fraction of sp³-hybridized carbons (Fsp3) is 0.368. The number of hydrogen-bond donors (Lipinski definition) is 1. The minimum absolute atomic E-state index is 0.540. The Morgan fingerprint density at radius 1 is 1.14 bits per heavy atom. The van der Waals surface area contributed by atoms with Crippen molar-refractivity contribution in [2.75, 3.05) is 6.54 Å². The third-order valence-corrected chi connectivity index (χ3v) is 5.22. The summed E-state index contributed by atoms with van der Waals surface area (Å²) >= 11 is 2.37. The Morgan fingerprint density at radius 2 is 1.90 bits per heavy atom. The van der Waals surface area contributed by atoms with Crippen molar-refractivity contribution < 1.29 is 0 Å². The Balaban J connectivity index is 1.80. The lowest BCUT2D eigenvalue weighted by molar-refractivity contribution is 0.435. The van der Waals surface area contributed by atoms with Gasteiger partial charge in [0.25, 0.3) is 0 Å². The van der Waals surface area contributed by atoms with Gasteiger partial charge in [0.2, 0.25) is 0 Å². The molecule has 3 rings (SSSR count). The van der Waals surface area contributed by atoms with E-state index in [9.17, 15) is 0 Å². The van der Waals surface area contributed by atoms with Crippen LogP contribution in [0.15, 0.2) is 48.5 Å². The Bertz CT molecular complexity index is 591. The molecule has 0 aromatic heterocycles. The lowest BCUT2D eigenvalue weighted by Gasteiger charge is -2.25. The van der Waals surface area contributed by atoms with Crippen LogP contribution in [0.4, 0.5) is 0 Å². The summed E-state index contributed by atoms with van der Waals surface area (Å²) in [5, 5.41) is 3.73. The van der Waals surface area contributed by atoms with Crippen LogP contribution in [-0.4, -0.2) is 12.6 Å². The van der Waals surface area contributed by atoms with Crippen molar-refractivity contribution in [1.82, 2.24) is 5.32 Å². The molecule has 0 saturated carbocycles. The van der Waals surface area contributed by atoms with Crippen molar-refractivity contribution in [2.45, 2.75) is 38.1 Å². The summed E-state index contributed by atoms with van der Waals surface area (Å²) in [5.41, 5.74) is 4.55. The molecule has 2 aromatic carbocycles. The van der Waals surface area contributed by atoms with Crippen molar-refractivity contribution in [3.05, 3.63) is 68.8 Å². The molecule has 0 aliphatic heterocycles. The standard InChI is InChI=1S/C19H22IN/c1-2-21-19(13-14-7-10-16(20)11-8-14)18-12-9-15-5-3-4-6-17(15)18/h3-8,10-11,18-19,21H,2,9,12-13H2,1H3. The second-order valence-electron chi connectivity index (χ2n) is 5.84. The maximum absolute atomic E-state index is 3.73. The van der Waals surface area contributed by atoms with Gasteiger partial charge in [0.15, 0.2) is 0 Å². The number of benzene rings is 2. The number of fused-ring (bicyclic) bond motifs is 1. The first kappa shape index (κ1) is 15.0. The van der Waals surface area contributed by atoms with Crippen molar-refractivity contribution in [3.8, 4) is 0 Å². The topological polar surface area (TPSA) is 12.0 Å². The third kappa shape index (κ3) is 3.49. The molecule has 0 bridgehead atoms. The number of rotatable bonds is 5. The van der Waals surface area contributed by atoms with Crippen molar-refractivity contribution in [2.24, 2.45) is 0 Å². The summed E-state index contributed by atoms with van der Waals surface area (Å²) in [4.78, 5) is 0. The molecule has 0 fully saturated rings. The van der Waals surface area contributed by atoms with Gasteiger partial charge in [0, 0.05) is 15.5 Å². The van der Waals surface area contributed by atoms with Crippen LogP contribution >= 0.6 is 22.6 Å². The first-order valence-electron chi connectivity index (χ1n) is 7.83. The highest BCUT2D eigenvalue weighted by atomic mass is 127. The Kier molecular flexibility index (Phi) is 4.96. The molecule has 2 aromatic rings. The van der Waals surface area contributed by atoms with E-state index in [1.54, 1.807) is 11.1 Å². The van der Waals surface area contributed by atoms with Crippen LogP contribution in [0.3, 0.4) is 0 Å². The molecule has 2 heteroatoms. The Hall–Kier alpha value is -0.870. The van der Waals surface area contributed by atoms with Gasteiger partial charge in [-0.25, -0.2) is 0 Å². The third-order valence-electron chi connectivity index (χ3n) is 4.50. The Labute approximate surface area is 141 Å². The quantitative estimate of drug-likeness (QED) is 0.738. The number of likely N-dealkylation sites (N-methyl/N-ethyl adjacent to an activating group) is 1. The molecule has 21 heavy (non-hydrogen) atoms. The predicted octanol–water partition coefficient (Wildman–Crippen LogP) is 4.54. The van der Waals surface area contributed by atoms with E-state index in [0.717, 1.165) is 13.0 Å². The van der Waals surface area contributed by atoms with Gasteiger partial charge in [-0.1, -0.05) is 43.3 Å². The van der Waals surface area contributed by atoms with Crippen molar-refractivity contribution >= 4 is 22.6 Å². The van der Waals surface area contributed by atoms with E-state index in [0.29, 0.717) is 12.0 Å². The summed E-state index contributed by atoms with van der Waals surface area (Å²) in [6.45, 7) is 3.25. The average molecular weight is 391 g/mol. The largest absolute Gasteiger partial charge is 0.313 e. The monoisotopic (exact) mass is 391 g/mol. The van der Waals surface area contributed by atoms with Gasteiger partial charge in [-0.15, -0.1) is 0 Å². The predicted molar refractivity (Wildman–Crippen MR) is 97.8 cm³/mol. The lowest BCUT2D eigenvalue weighted by Crippen LogP contribution is -2.36. The van der Waals surface area contributed by atoms with Crippen molar-refractivity contribution in [3.63, 3.8) is 0 Å². The zero-order chi connectivity index (χ0) is 14.7. The fourth-order valence-electron chi connectivity index (χ4n) is 3.50. The van der Waals surface area contributed by atoms with E-state index < -0.39 is 0 Å². The molecule has 2 atom stereocenters. The summed E-state index contributed by atoms with van der Waals surface area (Å²) in [6, 6.07) is 18.5. The van der Waals surface area contributed by atoms with Gasteiger partial charge in [-0.3, -0.25) is 0 Å². The van der Waals surface area contributed by atoms with Crippen molar-refractivity contribution in [1.29, 1.82) is 0 Å². The number of nitrogens with one attached hydrogen (secondary N) is 1. The summed E-state index contributed by atoms with van der Waals surface area (Å²) in [7, 11) is 0. The molecule has 1 N–H and O–H groups in total.